The van der Waals surface area contributed by atoms with Crippen LogP contribution in [0, 0.1) is 25.7 Å². The summed E-state index contributed by atoms with van der Waals surface area (Å²) in [5.74, 6) is 0.686. The Kier molecular flexibility index (Phi) is 4.01. The van der Waals surface area contributed by atoms with Crippen LogP contribution in [0.25, 0.3) is 0 Å². The maximum atomic E-state index is 12.1. The molecule has 1 aliphatic carbocycles. The van der Waals surface area contributed by atoms with Crippen LogP contribution >= 0.6 is 0 Å². The van der Waals surface area contributed by atoms with E-state index >= 15 is 0 Å². The summed E-state index contributed by atoms with van der Waals surface area (Å²) in [7, 11) is 0. The third-order valence-corrected chi connectivity index (χ3v) is 3.93. The largest absolute Gasteiger partial charge is 0.396 e. The van der Waals surface area contributed by atoms with E-state index in [0.29, 0.717) is 23.9 Å². The molecule has 0 bridgehead atoms. The predicted molar refractivity (Wildman–Crippen MR) is 68.3 cm³/mol. The molecular weight excluding hydrogens is 230 g/mol. The molecule has 0 aromatic carbocycles. The van der Waals surface area contributed by atoms with Crippen molar-refractivity contribution in [2.75, 3.05) is 13.2 Å². The van der Waals surface area contributed by atoms with Crippen molar-refractivity contribution in [1.82, 2.24) is 15.5 Å². The lowest BCUT2D eigenvalue weighted by Gasteiger charge is -2.17. The van der Waals surface area contributed by atoms with Crippen molar-refractivity contribution in [3.8, 4) is 0 Å². The van der Waals surface area contributed by atoms with Crippen molar-refractivity contribution in [1.29, 1.82) is 0 Å². The topological polar surface area (TPSA) is 78.0 Å². The highest BCUT2D eigenvalue weighted by Crippen LogP contribution is 2.30. The van der Waals surface area contributed by atoms with Crippen LogP contribution in [0.2, 0.25) is 0 Å². The summed E-state index contributed by atoms with van der Waals surface area (Å²) in [5.41, 5.74) is 2.18. The first kappa shape index (κ1) is 13.1. The summed E-state index contributed by atoms with van der Waals surface area (Å²) in [4.78, 5) is 12.1. The first-order chi connectivity index (χ1) is 8.63. The van der Waals surface area contributed by atoms with Gasteiger partial charge in [-0.05, 0) is 38.5 Å². The van der Waals surface area contributed by atoms with Crippen LogP contribution in [-0.4, -0.2) is 34.4 Å². The molecule has 1 saturated carbocycles. The zero-order chi connectivity index (χ0) is 13.1. The molecule has 2 unspecified atom stereocenters. The number of aliphatic hydroxyl groups is 1. The third kappa shape index (κ3) is 2.56. The van der Waals surface area contributed by atoms with E-state index in [4.69, 9.17) is 0 Å². The molecule has 0 aliphatic heterocycles. The highest BCUT2D eigenvalue weighted by atomic mass is 16.3. The van der Waals surface area contributed by atoms with E-state index in [2.05, 4.69) is 15.5 Å². The first-order valence-electron chi connectivity index (χ1n) is 6.54. The van der Waals surface area contributed by atoms with Gasteiger partial charge in [0.05, 0.1) is 11.3 Å². The highest BCUT2D eigenvalue weighted by Gasteiger charge is 2.27. The minimum absolute atomic E-state index is 0.0673. The van der Waals surface area contributed by atoms with Gasteiger partial charge in [0.1, 0.15) is 0 Å². The second-order valence-corrected chi connectivity index (χ2v) is 5.15. The predicted octanol–water partition coefficient (Wildman–Crippen LogP) is 1.16. The van der Waals surface area contributed by atoms with Crippen molar-refractivity contribution in [3.63, 3.8) is 0 Å². The molecular formula is C13H21N3O2. The molecule has 5 nitrogen and oxygen atoms in total. The SMILES string of the molecule is Cc1n[nH]c(C)c1C(=O)NCC1CCCC1CO. The van der Waals surface area contributed by atoms with Crippen LogP contribution < -0.4 is 5.32 Å². The summed E-state index contributed by atoms with van der Waals surface area (Å²) in [5, 5.41) is 19.0. The smallest absolute Gasteiger partial charge is 0.255 e. The molecule has 0 radical (unpaired) electrons. The van der Waals surface area contributed by atoms with Gasteiger partial charge in [0.25, 0.3) is 5.91 Å². The minimum Gasteiger partial charge on any atom is -0.396 e. The molecule has 2 atom stereocenters. The molecule has 2 rings (SSSR count). The Morgan fingerprint density at radius 2 is 2.17 bits per heavy atom. The van der Waals surface area contributed by atoms with E-state index in [-0.39, 0.29) is 12.5 Å². The van der Waals surface area contributed by atoms with Crippen LogP contribution in [0.3, 0.4) is 0 Å². The van der Waals surface area contributed by atoms with Gasteiger partial charge in [0, 0.05) is 18.8 Å². The van der Waals surface area contributed by atoms with Crippen molar-refractivity contribution >= 4 is 5.91 Å². The number of hydrogen-bond donors (Lipinski definition) is 3. The molecule has 1 heterocycles. The number of aromatic nitrogens is 2. The first-order valence-corrected chi connectivity index (χ1v) is 6.54. The molecule has 100 valence electrons. The molecule has 0 saturated heterocycles. The van der Waals surface area contributed by atoms with Gasteiger partial charge in [-0.15, -0.1) is 0 Å². The van der Waals surface area contributed by atoms with Crippen molar-refractivity contribution in [3.05, 3.63) is 17.0 Å². The van der Waals surface area contributed by atoms with Crippen LogP contribution in [0.4, 0.5) is 0 Å². The Balaban J connectivity index is 1.93. The highest BCUT2D eigenvalue weighted by molar-refractivity contribution is 5.96. The molecule has 1 amide bonds. The Labute approximate surface area is 107 Å². The number of nitrogens with one attached hydrogen (secondary N) is 2. The zero-order valence-electron chi connectivity index (χ0n) is 11.0. The van der Waals surface area contributed by atoms with Gasteiger partial charge in [0.15, 0.2) is 0 Å². The van der Waals surface area contributed by atoms with Crippen molar-refractivity contribution in [2.24, 2.45) is 11.8 Å². The molecule has 5 heteroatoms. The van der Waals surface area contributed by atoms with E-state index in [9.17, 15) is 9.90 Å². The van der Waals surface area contributed by atoms with Crippen molar-refractivity contribution in [2.45, 2.75) is 33.1 Å². The maximum Gasteiger partial charge on any atom is 0.255 e. The summed E-state index contributed by atoms with van der Waals surface area (Å²) in [6.45, 7) is 4.55. The van der Waals surface area contributed by atoms with E-state index in [1.807, 2.05) is 13.8 Å². The van der Waals surface area contributed by atoms with Gasteiger partial charge >= 0.3 is 0 Å². The van der Waals surface area contributed by atoms with E-state index in [1.54, 1.807) is 0 Å². The van der Waals surface area contributed by atoms with Gasteiger partial charge in [-0.3, -0.25) is 9.89 Å². The fourth-order valence-corrected chi connectivity index (χ4v) is 2.82. The summed E-state index contributed by atoms with van der Waals surface area (Å²) in [6, 6.07) is 0. The Hall–Kier alpha value is -1.36. The van der Waals surface area contributed by atoms with E-state index in [0.717, 1.165) is 30.7 Å². The second kappa shape index (κ2) is 5.52. The minimum atomic E-state index is -0.0673. The number of aryl methyl sites for hydroxylation is 2. The number of amides is 1. The van der Waals surface area contributed by atoms with Crippen LogP contribution in [0.1, 0.15) is 41.0 Å². The van der Waals surface area contributed by atoms with E-state index < -0.39 is 0 Å². The van der Waals surface area contributed by atoms with Crippen LogP contribution in [0.15, 0.2) is 0 Å². The monoisotopic (exact) mass is 251 g/mol. The lowest BCUT2D eigenvalue weighted by molar-refractivity contribution is 0.0936. The molecule has 1 aliphatic rings. The number of aromatic amines is 1. The summed E-state index contributed by atoms with van der Waals surface area (Å²) in [6.07, 6.45) is 3.31. The average molecular weight is 251 g/mol. The molecule has 1 aromatic heterocycles. The number of rotatable bonds is 4. The van der Waals surface area contributed by atoms with Gasteiger partial charge < -0.3 is 10.4 Å². The van der Waals surface area contributed by atoms with Crippen molar-refractivity contribution < 1.29 is 9.90 Å². The lowest BCUT2D eigenvalue weighted by Crippen LogP contribution is -2.32. The lowest BCUT2D eigenvalue weighted by atomic mass is 9.97. The second-order valence-electron chi connectivity index (χ2n) is 5.15. The van der Waals surface area contributed by atoms with Crippen LogP contribution in [-0.2, 0) is 0 Å². The summed E-state index contributed by atoms with van der Waals surface area (Å²) < 4.78 is 0. The van der Waals surface area contributed by atoms with Gasteiger partial charge in [-0.1, -0.05) is 6.42 Å². The number of carbonyl (C=O) groups is 1. The Morgan fingerprint density at radius 3 is 2.78 bits per heavy atom. The number of carbonyl (C=O) groups excluding carboxylic acids is 1. The molecule has 1 fully saturated rings. The number of nitrogens with zero attached hydrogens (tertiary/aromatic N) is 1. The average Bonchev–Trinajstić information content (AvgIpc) is 2.93. The van der Waals surface area contributed by atoms with Gasteiger partial charge in [-0.2, -0.15) is 5.10 Å². The van der Waals surface area contributed by atoms with E-state index in [1.165, 1.54) is 0 Å². The Bertz CT molecular complexity index is 408. The fourth-order valence-electron chi connectivity index (χ4n) is 2.82. The van der Waals surface area contributed by atoms with Gasteiger partial charge in [-0.25, -0.2) is 0 Å². The number of hydrogen-bond acceptors (Lipinski definition) is 3. The standard InChI is InChI=1S/C13H21N3O2/c1-8-12(9(2)16-15-8)13(18)14-6-10-4-3-5-11(10)7-17/h10-11,17H,3-7H2,1-2H3,(H,14,18)(H,15,16). The number of aliphatic hydroxyl groups excluding tert-OH is 1. The number of H-pyrrole nitrogens is 1. The van der Waals surface area contributed by atoms with Crippen LogP contribution in [0.5, 0.6) is 0 Å². The maximum absolute atomic E-state index is 12.1. The molecule has 3 N–H and O–H groups in total. The van der Waals surface area contributed by atoms with Gasteiger partial charge in [0.2, 0.25) is 0 Å². The zero-order valence-corrected chi connectivity index (χ0v) is 11.0. The summed E-state index contributed by atoms with van der Waals surface area (Å²) >= 11 is 0. The molecule has 18 heavy (non-hydrogen) atoms. The quantitative estimate of drug-likeness (QED) is 0.751. The normalized spacial score (nSPS) is 23.3. The fraction of sp³-hybridized carbons (Fsp3) is 0.692. The third-order valence-electron chi connectivity index (χ3n) is 3.93. The molecule has 0 spiro atoms. The molecule has 1 aromatic rings. The Morgan fingerprint density at radius 1 is 1.44 bits per heavy atom.